The summed E-state index contributed by atoms with van der Waals surface area (Å²) in [5.74, 6) is 6.36. The maximum absolute atomic E-state index is 14.3. The van der Waals surface area contributed by atoms with Crippen LogP contribution in [0.5, 0.6) is 0 Å². The highest BCUT2D eigenvalue weighted by atomic mass is 32.2. The lowest BCUT2D eigenvalue weighted by Gasteiger charge is -2.13. The molecule has 7 aromatic heterocycles. The van der Waals surface area contributed by atoms with E-state index in [1.54, 1.807) is 0 Å². The Morgan fingerprint density at radius 2 is 1.06 bits per heavy atom. The number of thioether (sulfide) groups is 2. The summed E-state index contributed by atoms with van der Waals surface area (Å²) < 4.78 is 7.60. The molecule has 268 valence electrons. The molecule has 51 heavy (non-hydrogen) atoms. The van der Waals surface area contributed by atoms with Crippen molar-refractivity contribution in [1.82, 2.24) is 8.80 Å². The van der Waals surface area contributed by atoms with Gasteiger partial charge in [0.15, 0.2) is 0 Å². The first-order valence-electron chi connectivity index (χ1n) is 19.1. The number of aryl methyl sites for hydroxylation is 2. The Bertz CT molecular complexity index is 2390. The van der Waals surface area contributed by atoms with Crippen LogP contribution in [0.4, 0.5) is 0 Å². The molecular weight excluding hydrogens is 725 g/mol. The molecule has 0 N–H and O–H groups in total. The van der Waals surface area contributed by atoms with Crippen LogP contribution >= 0.6 is 57.5 Å². The maximum atomic E-state index is 14.3. The monoisotopic (exact) mass is 772 g/mol. The van der Waals surface area contributed by atoms with Gasteiger partial charge >= 0.3 is 0 Å². The van der Waals surface area contributed by atoms with Crippen molar-refractivity contribution in [2.75, 3.05) is 23.0 Å². The minimum atomic E-state index is 0.00573. The Hall–Kier alpha value is -2.30. The van der Waals surface area contributed by atoms with Crippen LogP contribution in [0.25, 0.3) is 62.4 Å². The molecule has 1 aromatic carbocycles. The van der Waals surface area contributed by atoms with Crippen LogP contribution in [0.2, 0.25) is 0 Å². The second-order valence-corrected chi connectivity index (χ2v) is 20.1. The van der Waals surface area contributed by atoms with Gasteiger partial charge in [0.25, 0.3) is 11.1 Å². The largest absolute Gasteiger partial charge is 0.274 e. The molecule has 0 radical (unpaired) electrons. The summed E-state index contributed by atoms with van der Waals surface area (Å²) in [6.07, 6.45) is 12.5. The molecule has 2 atom stereocenters. The van der Waals surface area contributed by atoms with E-state index in [4.69, 9.17) is 0 Å². The van der Waals surface area contributed by atoms with E-state index in [2.05, 4.69) is 87.6 Å². The van der Waals surface area contributed by atoms with Crippen molar-refractivity contribution in [3.05, 3.63) is 66.9 Å². The van der Waals surface area contributed by atoms with Crippen LogP contribution in [-0.4, -0.2) is 31.8 Å². The van der Waals surface area contributed by atoms with Gasteiger partial charge in [-0.1, -0.05) is 78.4 Å². The molecule has 4 nitrogen and oxygen atoms in total. The topological polar surface area (TPSA) is 43.0 Å². The van der Waals surface area contributed by atoms with Gasteiger partial charge in [-0.2, -0.15) is 23.5 Å². The van der Waals surface area contributed by atoms with Gasteiger partial charge in [-0.05, 0) is 84.8 Å². The number of benzene rings is 1. The first-order valence-corrected chi connectivity index (χ1v) is 23.8. The molecule has 0 amide bonds. The van der Waals surface area contributed by atoms with Gasteiger partial charge in [-0.25, -0.2) is 0 Å². The highest BCUT2D eigenvalue weighted by Crippen LogP contribution is 2.43. The number of pyridine rings is 2. The van der Waals surface area contributed by atoms with E-state index in [9.17, 15) is 9.59 Å². The SMILES string of the molecule is CCCCC(CC)CSCCc1cc2c(cc3c4ccc5c6c(sc(c(=O)n23)c46)c(=O)n2c3cc(CCSCC(CC)CCCC)sc3cc52)s1. The molecular formula is C42H48N2O2S5. The van der Waals surface area contributed by atoms with E-state index in [0.717, 1.165) is 79.8 Å². The molecule has 0 aliphatic rings. The van der Waals surface area contributed by atoms with Crippen molar-refractivity contribution in [3.8, 4) is 0 Å². The summed E-state index contributed by atoms with van der Waals surface area (Å²) in [7, 11) is 0. The number of fused-ring (bicyclic) bond motifs is 8. The summed E-state index contributed by atoms with van der Waals surface area (Å²) in [6.45, 7) is 9.20. The molecule has 9 heteroatoms. The van der Waals surface area contributed by atoms with Crippen molar-refractivity contribution >= 4 is 120 Å². The van der Waals surface area contributed by atoms with Crippen LogP contribution in [0, 0.1) is 11.8 Å². The number of thiophene rings is 3. The number of hydrogen-bond acceptors (Lipinski definition) is 7. The molecule has 0 fully saturated rings. The lowest BCUT2D eigenvalue weighted by atomic mass is 10.0. The molecule has 8 rings (SSSR count). The Balaban J connectivity index is 1.10. The standard InChI is InChI=1S/C42H48N2O2S5/c1-5-9-11-25(7-3)23-47-17-15-27-19-33-35(49-27)21-31-29-13-14-30-32-22-36-34(20-28(50-36)16-18-48-24-26(8-4)12-10-6-2)44(32)42(46)40-38(30)37(29)39(51-40)41(45)43(31)33/h13-14,19-22,25-26H,5-12,15-18,23-24H2,1-4H3. The van der Waals surface area contributed by atoms with E-state index in [1.165, 1.54) is 93.4 Å². The Morgan fingerprint density at radius 3 is 1.47 bits per heavy atom. The number of unbranched alkanes of at least 4 members (excludes halogenated alkanes) is 2. The zero-order valence-electron chi connectivity index (χ0n) is 30.3. The zero-order valence-corrected chi connectivity index (χ0v) is 34.4. The second kappa shape index (κ2) is 15.2. The lowest BCUT2D eigenvalue weighted by Crippen LogP contribution is -2.11. The fourth-order valence-corrected chi connectivity index (χ4v) is 14.2. The fraction of sp³-hybridized carbons (Fsp3) is 0.476. The van der Waals surface area contributed by atoms with Gasteiger partial charge in [0, 0.05) is 31.3 Å². The van der Waals surface area contributed by atoms with Crippen molar-refractivity contribution in [1.29, 1.82) is 0 Å². The minimum absolute atomic E-state index is 0.00573. The van der Waals surface area contributed by atoms with Gasteiger partial charge in [0.05, 0.1) is 31.5 Å². The van der Waals surface area contributed by atoms with Crippen molar-refractivity contribution in [2.24, 2.45) is 11.8 Å². The van der Waals surface area contributed by atoms with E-state index in [-0.39, 0.29) is 11.1 Å². The van der Waals surface area contributed by atoms with Gasteiger partial charge in [-0.3, -0.25) is 18.4 Å². The fourth-order valence-electron chi connectivity index (χ4n) is 8.02. The van der Waals surface area contributed by atoms with E-state index in [1.807, 2.05) is 31.5 Å². The van der Waals surface area contributed by atoms with Gasteiger partial charge < -0.3 is 0 Å². The predicted molar refractivity (Wildman–Crippen MR) is 233 cm³/mol. The summed E-state index contributed by atoms with van der Waals surface area (Å²) in [5, 5.41) is 4.06. The molecule has 0 spiro atoms. The molecule has 0 bridgehead atoms. The minimum Gasteiger partial charge on any atom is -0.274 e. The van der Waals surface area contributed by atoms with E-state index < -0.39 is 0 Å². The van der Waals surface area contributed by atoms with Gasteiger partial charge in [0.2, 0.25) is 0 Å². The lowest BCUT2D eigenvalue weighted by molar-refractivity contribution is 0.499. The van der Waals surface area contributed by atoms with Crippen LogP contribution < -0.4 is 11.1 Å². The third-order valence-corrected chi connectivity index (χ3v) is 16.9. The smallest absolute Gasteiger partial charge is 0.273 e. The summed E-state index contributed by atoms with van der Waals surface area (Å²) >= 11 is 9.21. The molecule has 8 aromatic rings. The molecule has 0 aliphatic carbocycles. The number of aromatic nitrogens is 2. The summed E-state index contributed by atoms with van der Waals surface area (Å²) in [6, 6.07) is 13.3. The quantitative estimate of drug-likeness (QED) is 0.0643. The number of rotatable bonds is 18. The predicted octanol–water partition coefficient (Wildman–Crippen LogP) is 12.7. The first kappa shape index (κ1) is 35.7. The van der Waals surface area contributed by atoms with Crippen LogP contribution in [0.1, 0.15) is 88.8 Å². The van der Waals surface area contributed by atoms with Crippen molar-refractivity contribution in [2.45, 2.75) is 91.9 Å². The van der Waals surface area contributed by atoms with Crippen LogP contribution in [0.15, 0.2) is 46.0 Å². The third kappa shape index (κ3) is 6.41. The normalized spacial score (nSPS) is 14.0. The Morgan fingerprint density at radius 1 is 0.608 bits per heavy atom. The molecule has 0 saturated heterocycles. The molecule has 2 unspecified atom stereocenters. The molecule has 0 aliphatic heterocycles. The Kier molecular flexibility index (Phi) is 10.7. The van der Waals surface area contributed by atoms with Crippen LogP contribution in [0.3, 0.4) is 0 Å². The third-order valence-electron chi connectivity index (χ3n) is 11.1. The van der Waals surface area contributed by atoms with E-state index in [0.29, 0.717) is 9.40 Å². The van der Waals surface area contributed by atoms with Gasteiger partial charge in [0.1, 0.15) is 9.40 Å². The number of hydrogen-bond donors (Lipinski definition) is 0. The average molecular weight is 773 g/mol. The van der Waals surface area contributed by atoms with Crippen LogP contribution in [-0.2, 0) is 12.8 Å². The van der Waals surface area contributed by atoms with Gasteiger partial charge in [-0.15, -0.1) is 34.0 Å². The van der Waals surface area contributed by atoms with Crippen molar-refractivity contribution in [3.63, 3.8) is 0 Å². The second-order valence-electron chi connectivity index (χ2n) is 14.4. The summed E-state index contributed by atoms with van der Waals surface area (Å²) in [4.78, 5) is 31.3. The maximum Gasteiger partial charge on any atom is 0.273 e. The average Bonchev–Trinajstić information content (AvgIpc) is 3.95. The van der Waals surface area contributed by atoms with E-state index >= 15 is 0 Å². The highest BCUT2D eigenvalue weighted by Gasteiger charge is 2.25. The number of nitrogens with zero attached hydrogens (tertiary/aromatic N) is 2. The Labute approximate surface area is 320 Å². The molecule has 7 heterocycles. The highest BCUT2D eigenvalue weighted by molar-refractivity contribution is 7.99. The zero-order chi connectivity index (χ0) is 35.2. The van der Waals surface area contributed by atoms with Crippen molar-refractivity contribution < 1.29 is 0 Å². The summed E-state index contributed by atoms with van der Waals surface area (Å²) in [5.41, 5.74) is 3.95. The first-order chi connectivity index (χ1) is 24.9. The molecule has 0 saturated carbocycles.